The van der Waals surface area contributed by atoms with Gasteiger partial charge in [0.1, 0.15) is 0 Å². The zero-order valence-corrected chi connectivity index (χ0v) is 15.6. The number of hydrogen-bond donors (Lipinski definition) is 0. The van der Waals surface area contributed by atoms with E-state index in [-0.39, 0.29) is 4.83 Å². The molecule has 3 rings (SSSR count). The van der Waals surface area contributed by atoms with E-state index in [0.717, 1.165) is 4.47 Å². The fourth-order valence-corrected chi connectivity index (χ4v) is 4.60. The standard InChI is InChI=1S/C16H13Br2I/c17-15-7-6-13(19)9-14(15)16(18)12-5-4-10-2-1-3-11(10)8-12/h4-9,16H,1-3H2. The van der Waals surface area contributed by atoms with Crippen molar-refractivity contribution in [3.63, 3.8) is 0 Å². The molecule has 0 radical (unpaired) electrons. The number of alkyl halides is 1. The molecule has 0 nitrogen and oxygen atoms in total. The van der Waals surface area contributed by atoms with Gasteiger partial charge in [-0.05, 0) is 82.3 Å². The maximum atomic E-state index is 3.85. The van der Waals surface area contributed by atoms with Crippen molar-refractivity contribution in [1.82, 2.24) is 0 Å². The topological polar surface area (TPSA) is 0 Å². The van der Waals surface area contributed by atoms with Crippen LogP contribution in [0, 0.1) is 3.57 Å². The Kier molecular flexibility index (Phi) is 4.34. The molecule has 1 unspecified atom stereocenters. The van der Waals surface area contributed by atoms with Crippen LogP contribution in [-0.4, -0.2) is 0 Å². The summed E-state index contributed by atoms with van der Waals surface area (Å²) < 4.78 is 2.43. The SMILES string of the molecule is Brc1ccc(I)cc1C(Br)c1ccc2c(c1)CCC2. The van der Waals surface area contributed by atoms with Crippen molar-refractivity contribution in [2.45, 2.75) is 24.1 Å². The lowest BCUT2D eigenvalue weighted by atomic mass is 10.0. The molecule has 0 spiro atoms. The Balaban J connectivity index is 1.99. The smallest absolute Gasteiger partial charge is 0.0656 e. The molecule has 0 aromatic heterocycles. The van der Waals surface area contributed by atoms with E-state index in [4.69, 9.17) is 0 Å². The highest BCUT2D eigenvalue weighted by atomic mass is 127. The molecule has 0 bridgehead atoms. The first kappa shape index (κ1) is 14.1. The van der Waals surface area contributed by atoms with Crippen molar-refractivity contribution >= 4 is 54.5 Å². The van der Waals surface area contributed by atoms with E-state index in [1.807, 2.05) is 0 Å². The molecule has 0 heterocycles. The van der Waals surface area contributed by atoms with Crippen molar-refractivity contribution in [3.8, 4) is 0 Å². The quantitative estimate of drug-likeness (QED) is 0.355. The molecule has 0 saturated heterocycles. The lowest BCUT2D eigenvalue weighted by Gasteiger charge is -2.14. The lowest BCUT2D eigenvalue weighted by molar-refractivity contribution is 0.911. The van der Waals surface area contributed by atoms with Crippen LogP contribution in [0.15, 0.2) is 40.9 Å². The van der Waals surface area contributed by atoms with Crippen molar-refractivity contribution in [2.24, 2.45) is 0 Å². The number of halogens is 3. The summed E-state index contributed by atoms with van der Waals surface area (Å²) in [6.45, 7) is 0. The van der Waals surface area contributed by atoms with Gasteiger partial charge in [0.05, 0.1) is 4.83 Å². The fourth-order valence-electron chi connectivity index (χ4n) is 2.64. The van der Waals surface area contributed by atoms with Crippen LogP contribution in [-0.2, 0) is 12.8 Å². The summed E-state index contributed by atoms with van der Waals surface area (Å²) >= 11 is 9.87. The van der Waals surface area contributed by atoms with Gasteiger partial charge in [-0.25, -0.2) is 0 Å². The van der Waals surface area contributed by atoms with E-state index in [1.54, 1.807) is 0 Å². The zero-order chi connectivity index (χ0) is 13.4. The van der Waals surface area contributed by atoms with Gasteiger partial charge in [0.15, 0.2) is 0 Å². The average molecular weight is 492 g/mol. The zero-order valence-electron chi connectivity index (χ0n) is 10.3. The molecular formula is C16H13Br2I. The molecule has 19 heavy (non-hydrogen) atoms. The summed E-state index contributed by atoms with van der Waals surface area (Å²) in [5, 5.41) is 0. The molecule has 1 atom stereocenters. The monoisotopic (exact) mass is 490 g/mol. The van der Waals surface area contributed by atoms with Crippen LogP contribution in [0.2, 0.25) is 0 Å². The third-order valence-electron chi connectivity index (χ3n) is 3.65. The molecule has 98 valence electrons. The second-order valence-corrected chi connectivity index (χ2v) is 7.93. The Morgan fingerprint density at radius 2 is 1.79 bits per heavy atom. The first-order valence-electron chi connectivity index (χ1n) is 6.36. The van der Waals surface area contributed by atoms with Crippen molar-refractivity contribution < 1.29 is 0 Å². The number of aryl methyl sites for hydroxylation is 2. The van der Waals surface area contributed by atoms with Gasteiger partial charge >= 0.3 is 0 Å². The van der Waals surface area contributed by atoms with Gasteiger partial charge in [0.2, 0.25) is 0 Å². The molecule has 3 heteroatoms. The summed E-state index contributed by atoms with van der Waals surface area (Å²) in [7, 11) is 0. The maximum absolute atomic E-state index is 3.85. The Labute approximate surface area is 144 Å². The van der Waals surface area contributed by atoms with Gasteiger partial charge in [0, 0.05) is 8.04 Å². The third kappa shape index (κ3) is 2.93. The number of fused-ring (bicyclic) bond motifs is 1. The highest BCUT2D eigenvalue weighted by Gasteiger charge is 2.17. The molecule has 2 aromatic carbocycles. The van der Waals surface area contributed by atoms with Gasteiger partial charge in [-0.1, -0.05) is 50.1 Å². The first-order chi connectivity index (χ1) is 9.15. The summed E-state index contributed by atoms with van der Waals surface area (Å²) in [6.07, 6.45) is 3.78. The van der Waals surface area contributed by atoms with E-state index in [9.17, 15) is 0 Å². The van der Waals surface area contributed by atoms with Crippen LogP contribution in [0.5, 0.6) is 0 Å². The van der Waals surface area contributed by atoms with Crippen LogP contribution < -0.4 is 0 Å². The van der Waals surface area contributed by atoms with Crippen LogP contribution in [0.4, 0.5) is 0 Å². The highest BCUT2D eigenvalue weighted by Crippen LogP contribution is 2.37. The molecule has 0 aliphatic heterocycles. The third-order valence-corrected chi connectivity index (χ3v) is 6.06. The Morgan fingerprint density at radius 1 is 1.00 bits per heavy atom. The number of hydrogen-bond acceptors (Lipinski definition) is 0. The van der Waals surface area contributed by atoms with E-state index in [0.29, 0.717) is 0 Å². The molecule has 2 aromatic rings. The first-order valence-corrected chi connectivity index (χ1v) is 9.14. The Hall–Kier alpha value is 0.130. The van der Waals surface area contributed by atoms with Crippen LogP contribution >= 0.6 is 54.5 Å². The molecular weight excluding hydrogens is 479 g/mol. The van der Waals surface area contributed by atoms with Crippen molar-refractivity contribution in [2.75, 3.05) is 0 Å². The van der Waals surface area contributed by atoms with Crippen LogP contribution in [0.1, 0.15) is 33.5 Å². The summed E-state index contributed by atoms with van der Waals surface area (Å²) in [5.41, 5.74) is 5.71. The van der Waals surface area contributed by atoms with E-state index >= 15 is 0 Å². The van der Waals surface area contributed by atoms with E-state index < -0.39 is 0 Å². The van der Waals surface area contributed by atoms with E-state index in [1.165, 1.54) is 45.1 Å². The van der Waals surface area contributed by atoms with Gasteiger partial charge < -0.3 is 0 Å². The molecule has 1 aliphatic rings. The Bertz CT molecular complexity index is 622. The minimum Gasteiger partial charge on any atom is -0.0786 e. The molecule has 0 N–H and O–H groups in total. The molecule has 1 aliphatic carbocycles. The normalized spacial score (nSPS) is 15.3. The maximum Gasteiger partial charge on any atom is 0.0656 e. The molecule has 0 fully saturated rings. The minimum absolute atomic E-state index is 0.252. The second-order valence-electron chi connectivity index (χ2n) is 4.91. The van der Waals surface area contributed by atoms with Crippen LogP contribution in [0.3, 0.4) is 0 Å². The summed E-state index contributed by atoms with van der Waals surface area (Å²) in [5.74, 6) is 0. The number of benzene rings is 2. The predicted molar refractivity (Wildman–Crippen MR) is 96.1 cm³/mol. The second kappa shape index (κ2) is 5.86. The summed E-state index contributed by atoms with van der Waals surface area (Å²) in [4.78, 5) is 0.252. The Morgan fingerprint density at radius 3 is 2.63 bits per heavy atom. The van der Waals surface area contributed by atoms with Gasteiger partial charge in [-0.2, -0.15) is 0 Å². The lowest BCUT2D eigenvalue weighted by Crippen LogP contribution is -1.96. The van der Waals surface area contributed by atoms with E-state index in [2.05, 4.69) is 90.8 Å². The van der Waals surface area contributed by atoms with Gasteiger partial charge in [-0.3, -0.25) is 0 Å². The van der Waals surface area contributed by atoms with Gasteiger partial charge in [0.25, 0.3) is 0 Å². The summed E-state index contributed by atoms with van der Waals surface area (Å²) in [6, 6.07) is 13.4. The van der Waals surface area contributed by atoms with Gasteiger partial charge in [-0.15, -0.1) is 0 Å². The average Bonchev–Trinajstić information content (AvgIpc) is 2.88. The largest absolute Gasteiger partial charge is 0.0786 e. The van der Waals surface area contributed by atoms with Crippen molar-refractivity contribution in [1.29, 1.82) is 0 Å². The van der Waals surface area contributed by atoms with Crippen LogP contribution in [0.25, 0.3) is 0 Å². The van der Waals surface area contributed by atoms with Crippen molar-refractivity contribution in [3.05, 3.63) is 66.7 Å². The number of rotatable bonds is 2. The highest BCUT2D eigenvalue weighted by molar-refractivity contribution is 14.1. The molecule has 0 amide bonds. The fraction of sp³-hybridized carbons (Fsp3) is 0.250. The predicted octanol–water partition coefficient (Wildman–Crippen LogP) is 6.03. The molecule has 0 saturated carbocycles. The minimum atomic E-state index is 0.252.